The molecule has 7 heteroatoms. The standard InChI is InChI=1S/C21H25BrN2O3S/c1-16(18-7-9-19(22)10-8-18)23-21(25)13-6-17-4-11-20(12-5-17)28(26,27)24-14-2-3-15-24/h4-5,7-12,16H,2-3,6,13-15H2,1H3,(H,23,25). The molecule has 0 radical (unpaired) electrons. The Morgan fingerprint density at radius 1 is 1.07 bits per heavy atom. The molecule has 0 aromatic heterocycles. The summed E-state index contributed by atoms with van der Waals surface area (Å²) in [5, 5.41) is 3.00. The van der Waals surface area contributed by atoms with Crippen molar-refractivity contribution in [2.75, 3.05) is 13.1 Å². The molecule has 2 aromatic rings. The first kappa shape index (κ1) is 21.0. The van der Waals surface area contributed by atoms with Crippen LogP contribution in [0.1, 0.15) is 43.4 Å². The molecule has 1 saturated heterocycles. The van der Waals surface area contributed by atoms with E-state index in [0.29, 0.717) is 30.8 Å². The minimum absolute atomic E-state index is 0.0239. The molecule has 5 nitrogen and oxygen atoms in total. The van der Waals surface area contributed by atoms with E-state index in [4.69, 9.17) is 0 Å². The molecular weight excluding hydrogens is 440 g/mol. The van der Waals surface area contributed by atoms with Gasteiger partial charge in [-0.25, -0.2) is 8.42 Å². The first-order valence-corrected chi connectivity index (χ1v) is 11.7. The molecule has 1 N–H and O–H groups in total. The Morgan fingerprint density at radius 3 is 2.29 bits per heavy atom. The molecule has 0 spiro atoms. The van der Waals surface area contributed by atoms with E-state index in [0.717, 1.165) is 28.4 Å². The van der Waals surface area contributed by atoms with Crippen LogP contribution in [0.5, 0.6) is 0 Å². The third-order valence-electron chi connectivity index (χ3n) is 5.01. The van der Waals surface area contributed by atoms with Crippen LogP contribution in [0, 0.1) is 0 Å². The number of rotatable bonds is 7. The van der Waals surface area contributed by atoms with Gasteiger partial charge in [-0.3, -0.25) is 4.79 Å². The lowest BCUT2D eigenvalue weighted by molar-refractivity contribution is -0.121. The number of carbonyl (C=O) groups excluding carboxylic acids is 1. The van der Waals surface area contributed by atoms with Crippen molar-refractivity contribution < 1.29 is 13.2 Å². The zero-order chi connectivity index (χ0) is 20.1. The highest BCUT2D eigenvalue weighted by atomic mass is 79.9. The maximum atomic E-state index is 12.5. The van der Waals surface area contributed by atoms with E-state index >= 15 is 0 Å². The summed E-state index contributed by atoms with van der Waals surface area (Å²) in [6, 6.07) is 14.7. The molecule has 2 aromatic carbocycles. The lowest BCUT2D eigenvalue weighted by Crippen LogP contribution is -2.27. The molecule has 150 valence electrons. The van der Waals surface area contributed by atoms with Crippen LogP contribution in [0.4, 0.5) is 0 Å². The van der Waals surface area contributed by atoms with Crippen LogP contribution < -0.4 is 5.32 Å². The molecule has 0 aliphatic carbocycles. The number of aryl methyl sites for hydroxylation is 1. The predicted molar refractivity (Wildman–Crippen MR) is 113 cm³/mol. The zero-order valence-electron chi connectivity index (χ0n) is 15.9. The monoisotopic (exact) mass is 464 g/mol. The Bertz CT molecular complexity index is 906. The zero-order valence-corrected chi connectivity index (χ0v) is 18.3. The van der Waals surface area contributed by atoms with Crippen LogP contribution in [0.2, 0.25) is 0 Å². The average molecular weight is 465 g/mol. The Kier molecular flexibility index (Phi) is 6.91. The quantitative estimate of drug-likeness (QED) is 0.671. The van der Waals surface area contributed by atoms with E-state index in [2.05, 4.69) is 21.2 Å². The number of nitrogens with one attached hydrogen (secondary N) is 1. The summed E-state index contributed by atoms with van der Waals surface area (Å²) >= 11 is 3.40. The van der Waals surface area contributed by atoms with E-state index in [9.17, 15) is 13.2 Å². The van der Waals surface area contributed by atoms with Gasteiger partial charge in [0, 0.05) is 24.0 Å². The predicted octanol–water partition coefficient (Wildman–Crippen LogP) is 4.04. The van der Waals surface area contributed by atoms with E-state index < -0.39 is 10.0 Å². The second-order valence-corrected chi connectivity index (χ2v) is 9.95. The van der Waals surface area contributed by atoms with Gasteiger partial charge in [-0.05, 0) is 61.6 Å². The number of halogens is 1. The van der Waals surface area contributed by atoms with Crippen LogP contribution in [0.15, 0.2) is 57.9 Å². The van der Waals surface area contributed by atoms with Gasteiger partial charge in [-0.2, -0.15) is 4.31 Å². The minimum Gasteiger partial charge on any atom is -0.350 e. The lowest BCUT2D eigenvalue weighted by Gasteiger charge is -2.16. The molecule has 28 heavy (non-hydrogen) atoms. The molecule has 0 bridgehead atoms. The van der Waals surface area contributed by atoms with Gasteiger partial charge in [0.25, 0.3) is 0 Å². The molecule has 1 aliphatic rings. The van der Waals surface area contributed by atoms with Crippen LogP contribution >= 0.6 is 15.9 Å². The first-order valence-electron chi connectivity index (χ1n) is 9.50. The van der Waals surface area contributed by atoms with Crippen molar-refractivity contribution in [3.63, 3.8) is 0 Å². The second-order valence-electron chi connectivity index (χ2n) is 7.10. The fourth-order valence-electron chi connectivity index (χ4n) is 3.31. The fraction of sp³-hybridized carbons (Fsp3) is 0.381. The second kappa shape index (κ2) is 9.20. The number of nitrogens with zero attached hydrogens (tertiary/aromatic N) is 1. The van der Waals surface area contributed by atoms with Gasteiger partial charge in [-0.1, -0.05) is 40.2 Å². The van der Waals surface area contributed by atoms with Crippen LogP contribution in [0.25, 0.3) is 0 Å². The molecular formula is C21H25BrN2O3S. The molecule has 1 heterocycles. The van der Waals surface area contributed by atoms with E-state index in [1.54, 1.807) is 28.6 Å². The molecule has 1 unspecified atom stereocenters. The topological polar surface area (TPSA) is 66.5 Å². The van der Waals surface area contributed by atoms with Crippen LogP contribution in [-0.4, -0.2) is 31.7 Å². The van der Waals surface area contributed by atoms with E-state index in [1.165, 1.54) is 0 Å². The number of hydrogen-bond acceptors (Lipinski definition) is 3. The molecule has 1 atom stereocenters. The Hall–Kier alpha value is -1.70. The highest BCUT2D eigenvalue weighted by Gasteiger charge is 2.26. The molecule has 1 fully saturated rings. The molecule has 1 amide bonds. The number of benzene rings is 2. The maximum Gasteiger partial charge on any atom is 0.243 e. The highest BCUT2D eigenvalue weighted by Crippen LogP contribution is 2.21. The summed E-state index contributed by atoms with van der Waals surface area (Å²) in [7, 11) is -3.39. The van der Waals surface area contributed by atoms with Gasteiger partial charge in [0.1, 0.15) is 0 Å². The summed E-state index contributed by atoms with van der Waals surface area (Å²) in [6.07, 6.45) is 2.78. The number of amides is 1. The highest BCUT2D eigenvalue weighted by molar-refractivity contribution is 9.10. The van der Waals surface area contributed by atoms with Gasteiger partial charge in [0.15, 0.2) is 0 Å². The Labute approximate surface area is 175 Å². The lowest BCUT2D eigenvalue weighted by atomic mass is 10.1. The third kappa shape index (κ3) is 5.21. The smallest absolute Gasteiger partial charge is 0.243 e. The molecule has 1 aliphatic heterocycles. The summed E-state index contributed by atoms with van der Waals surface area (Å²) < 4.78 is 27.6. The van der Waals surface area contributed by atoms with Crippen molar-refractivity contribution in [1.82, 2.24) is 9.62 Å². The van der Waals surface area contributed by atoms with Crippen molar-refractivity contribution in [2.45, 2.75) is 43.5 Å². The first-order chi connectivity index (χ1) is 13.4. The summed E-state index contributed by atoms with van der Waals surface area (Å²) in [4.78, 5) is 12.6. The van der Waals surface area contributed by atoms with Gasteiger partial charge in [0.05, 0.1) is 10.9 Å². The Morgan fingerprint density at radius 2 is 1.68 bits per heavy atom. The van der Waals surface area contributed by atoms with Crippen molar-refractivity contribution in [1.29, 1.82) is 0 Å². The number of carbonyl (C=O) groups is 1. The van der Waals surface area contributed by atoms with Gasteiger partial charge < -0.3 is 5.32 Å². The summed E-state index contributed by atoms with van der Waals surface area (Å²) in [5.41, 5.74) is 2.00. The van der Waals surface area contributed by atoms with Crippen molar-refractivity contribution >= 4 is 31.9 Å². The maximum absolute atomic E-state index is 12.5. The summed E-state index contributed by atoms with van der Waals surface area (Å²) in [5.74, 6) is -0.0239. The van der Waals surface area contributed by atoms with Gasteiger partial charge in [0.2, 0.25) is 15.9 Å². The SMILES string of the molecule is CC(NC(=O)CCc1ccc(S(=O)(=O)N2CCCC2)cc1)c1ccc(Br)cc1. The normalized spacial score (nSPS) is 16.1. The van der Waals surface area contributed by atoms with E-state index in [-0.39, 0.29) is 11.9 Å². The van der Waals surface area contributed by atoms with Crippen LogP contribution in [0.3, 0.4) is 0 Å². The molecule has 3 rings (SSSR count). The minimum atomic E-state index is -3.39. The van der Waals surface area contributed by atoms with Crippen LogP contribution in [-0.2, 0) is 21.2 Å². The van der Waals surface area contributed by atoms with Gasteiger partial charge in [-0.15, -0.1) is 0 Å². The summed E-state index contributed by atoms with van der Waals surface area (Å²) in [6.45, 7) is 3.15. The fourth-order valence-corrected chi connectivity index (χ4v) is 5.09. The Balaban J connectivity index is 1.53. The van der Waals surface area contributed by atoms with Crippen molar-refractivity contribution in [3.8, 4) is 0 Å². The third-order valence-corrected chi connectivity index (χ3v) is 7.46. The van der Waals surface area contributed by atoms with Crippen molar-refractivity contribution in [2.24, 2.45) is 0 Å². The number of sulfonamides is 1. The average Bonchev–Trinajstić information content (AvgIpc) is 3.23. The van der Waals surface area contributed by atoms with Crippen molar-refractivity contribution in [3.05, 3.63) is 64.1 Å². The largest absolute Gasteiger partial charge is 0.350 e. The molecule has 0 saturated carbocycles. The van der Waals surface area contributed by atoms with E-state index in [1.807, 2.05) is 31.2 Å². The number of hydrogen-bond donors (Lipinski definition) is 1. The van der Waals surface area contributed by atoms with Gasteiger partial charge >= 0.3 is 0 Å².